The van der Waals surface area contributed by atoms with Crippen LogP contribution in [-0.4, -0.2) is 43.8 Å². The highest BCUT2D eigenvalue weighted by atomic mass is 79.9. The van der Waals surface area contributed by atoms with Crippen LogP contribution in [0.25, 0.3) is 0 Å². The third-order valence-electron chi connectivity index (χ3n) is 4.79. The summed E-state index contributed by atoms with van der Waals surface area (Å²) >= 11 is 6.65. The van der Waals surface area contributed by atoms with E-state index in [9.17, 15) is 13.2 Å². The number of halogens is 2. The van der Waals surface area contributed by atoms with E-state index in [0.717, 1.165) is 5.56 Å². The molecular weight excluding hydrogens is 526 g/mol. The molecule has 1 fully saturated rings. The molecule has 10 heteroatoms. The molecule has 29 heavy (non-hydrogen) atoms. The minimum atomic E-state index is -3.60. The summed E-state index contributed by atoms with van der Waals surface area (Å²) in [5.74, 6) is 0.172. The van der Waals surface area contributed by atoms with Crippen molar-refractivity contribution in [3.05, 3.63) is 51.0 Å². The molecule has 0 radical (unpaired) electrons. The van der Waals surface area contributed by atoms with Gasteiger partial charge in [-0.05, 0) is 37.1 Å². The van der Waals surface area contributed by atoms with Gasteiger partial charge in [0.25, 0.3) is 0 Å². The summed E-state index contributed by atoms with van der Waals surface area (Å²) in [6, 6.07) is 8.58. The van der Waals surface area contributed by atoms with Crippen molar-refractivity contribution in [3.8, 4) is 5.88 Å². The maximum Gasteiger partial charge on any atom is 0.243 e. The van der Waals surface area contributed by atoms with Crippen molar-refractivity contribution in [1.82, 2.24) is 14.6 Å². The third-order valence-corrected chi connectivity index (χ3v) is 7.59. The molecular formula is C19H21Br2N3O4S. The van der Waals surface area contributed by atoms with E-state index >= 15 is 0 Å². The lowest BCUT2D eigenvalue weighted by Gasteiger charge is -2.30. The Balaban J connectivity index is 1.59. The quantitative estimate of drug-likeness (QED) is 0.600. The largest absolute Gasteiger partial charge is 0.481 e. The number of hydrogen-bond donors (Lipinski definition) is 1. The Morgan fingerprint density at radius 3 is 2.52 bits per heavy atom. The number of benzene rings is 1. The zero-order chi connectivity index (χ0) is 21.0. The van der Waals surface area contributed by atoms with Gasteiger partial charge in [-0.3, -0.25) is 4.79 Å². The standard InChI is InChI=1S/C19H21Br2N3O4S/c1-28-19-14(3-2-6-22-19)12-23-18(25)13-4-7-24(8-5-13)29(26,27)17-10-15(20)9-16(21)11-17/h2-3,6,9-11,13H,4-5,7-8,12H2,1H3,(H,23,25). The summed E-state index contributed by atoms with van der Waals surface area (Å²) in [5, 5.41) is 2.90. The van der Waals surface area contributed by atoms with Crippen molar-refractivity contribution >= 4 is 47.8 Å². The number of aromatic nitrogens is 1. The predicted octanol–water partition coefficient (Wildman–Crippen LogP) is 3.33. The molecule has 1 N–H and O–H groups in total. The van der Waals surface area contributed by atoms with E-state index in [2.05, 4.69) is 42.2 Å². The van der Waals surface area contributed by atoms with Gasteiger partial charge in [0.05, 0.1) is 12.0 Å². The second kappa shape index (κ2) is 9.55. The lowest BCUT2D eigenvalue weighted by atomic mass is 9.97. The molecule has 1 aromatic heterocycles. The zero-order valence-corrected chi connectivity index (χ0v) is 19.8. The van der Waals surface area contributed by atoms with Crippen molar-refractivity contribution in [2.45, 2.75) is 24.3 Å². The van der Waals surface area contributed by atoms with E-state index in [1.54, 1.807) is 30.5 Å². The fourth-order valence-corrected chi connectivity index (χ4v) is 6.39. The Hall–Kier alpha value is -1.49. The summed E-state index contributed by atoms with van der Waals surface area (Å²) in [7, 11) is -2.07. The van der Waals surface area contributed by atoms with E-state index in [4.69, 9.17) is 4.74 Å². The first-order valence-electron chi connectivity index (χ1n) is 9.03. The zero-order valence-electron chi connectivity index (χ0n) is 15.8. The van der Waals surface area contributed by atoms with Gasteiger partial charge in [-0.2, -0.15) is 4.31 Å². The Morgan fingerprint density at radius 2 is 1.90 bits per heavy atom. The van der Waals surface area contributed by atoms with Crippen LogP contribution in [0.5, 0.6) is 5.88 Å². The molecule has 1 aliphatic heterocycles. The smallest absolute Gasteiger partial charge is 0.243 e. The first-order valence-corrected chi connectivity index (χ1v) is 12.1. The molecule has 0 atom stereocenters. The van der Waals surface area contributed by atoms with Gasteiger partial charge in [-0.25, -0.2) is 13.4 Å². The SMILES string of the molecule is COc1ncccc1CNC(=O)C1CCN(S(=O)(=O)c2cc(Br)cc(Br)c2)CC1. The van der Waals surface area contributed by atoms with E-state index in [1.165, 1.54) is 11.4 Å². The monoisotopic (exact) mass is 545 g/mol. The molecule has 7 nitrogen and oxygen atoms in total. The summed E-state index contributed by atoms with van der Waals surface area (Å²) in [5.41, 5.74) is 0.795. The molecule has 0 unspecified atom stereocenters. The number of methoxy groups -OCH3 is 1. The number of ether oxygens (including phenoxy) is 1. The second-order valence-corrected chi connectivity index (χ2v) is 10.4. The molecule has 1 amide bonds. The number of sulfonamides is 1. The first-order chi connectivity index (χ1) is 13.8. The van der Waals surface area contributed by atoms with E-state index in [0.29, 0.717) is 47.3 Å². The molecule has 0 bridgehead atoms. The van der Waals surface area contributed by atoms with Gasteiger partial charge < -0.3 is 10.1 Å². The van der Waals surface area contributed by atoms with Gasteiger partial charge in [0.15, 0.2) is 0 Å². The van der Waals surface area contributed by atoms with Crippen LogP contribution < -0.4 is 10.1 Å². The van der Waals surface area contributed by atoms with Gasteiger partial charge in [0.1, 0.15) is 0 Å². The number of nitrogens with zero attached hydrogens (tertiary/aromatic N) is 2. The van der Waals surface area contributed by atoms with Crippen molar-refractivity contribution in [3.63, 3.8) is 0 Å². The Labute approximate surface area is 187 Å². The Bertz CT molecular complexity index is 972. The fraction of sp³-hybridized carbons (Fsp3) is 0.368. The number of amides is 1. The van der Waals surface area contributed by atoms with Crippen LogP contribution in [0.4, 0.5) is 0 Å². The molecule has 156 valence electrons. The van der Waals surface area contributed by atoms with E-state index in [1.807, 2.05) is 6.07 Å². The summed E-state index contributed by atoms with van der Waals surface area (Å²) in [4.78, 5) is 16.9. The molecule has 2 heterocycles. The number of piperidine rings is 1. The number of nitrogens with one attached hydrogen (secondary N) is 1. The predicted molar refractivity (Wildman–Crippen MR) is 116 cm³/mol. The number of carbonyl (C=O) groups is 1. The summed E-state index contributed by atoms with van der Waals surface area (Å²) < 4.78 is 33.8. The highest BCUT2D eigenvalue weighted by molar-refractivity contribution is 9.11. The van der Waals surface area contributed by atoms with Crippen molar-refractivity contribution in [2.75, 3.05) is 20.2 Å². The van der Waals surface area contributed by atoms with Gasteiger partial charge in [-0.15, -0.1) is 0 Å². The molecule has 0 saturated carbocycles. The van der Waals surface area contributed by atoms with Crippen LogP contribution in [0.2, 0.25) is 0 Å². The van der Waals surface area contributed by atoms with Crippen LogP contribution >= 0.6 is 31.9 Å². The molecule has 1 saturated heterocycles. The van der Waals surface area contributed by atoms with Crippen LogP contribution in [0.15, 0.2) is 50.4 Å². The molecule has 0 spiro atoms. The first kappa shape index (κ1) is 22.2. The lowest BCUT2D eigenvalue weighted by molar-refractivity contribution is -0.126. The maximum atomic E-state index is 12.9. The van der Waals surface area contributed by atoms with Crippen LogP contribution in [0.1, 0.15) is 18.4 Å². The highest BCUT2D eigenvalue weighted by Gasteiger charge is 2.32. The second-order valence-electron chi connectivity index (χ2n) is 6.67. The van der Waals surface area contributed by atoms with E-state index in [-0.39, 0.29) is 16.7 Å². The fourth-order valence-electron chi connectivity index (χ4n) is 3.25. The number of rotatable bonds is 6. The highest BCUT2D eigenvalue weighted by Crippen LogP contribution is 2.28. The van der Waals surface area contributed by atoms with Gasteiger partial charge >= 0.3 is 0 Å². The number of pyridine rings is 1. The number of carbonyl (C=O) groups excluding carboxylic acids is 1. The Morgan fingerprint density at radius 1 is 1.24 bits per heavy atom. The van der Waals surface area contributed by atoms with Crippen molar-refractivity contribution in [1.29, 1.82) is 0 Å². The molecule has 0 aliphatic carbocycles. The normalized spacial score (nSPS) is 15.8. The van der Waals surface area contributed by atoms with Crippen molar-refractivity contribution < 1.29 is 17.9 Å². The minimum absolute atomic E-state index is 0.0850. The summed E-state index contributed by atoms with van der Waals surface area (Å²) in [6.07, 6.45) is 2.58. The summed E-state index contributed by atoms with van der Waals surface area (Å²) in [6.45, 7) is 0.933. The van der Waals surface area contributed by atoms with Gasteiger partial charge in [0.2, 0.25) is 21.8 Å². The van der Waals surface area contributed by atoms with Crippen LogP contribution in [-0.2, 0) is 21.4 Å². The lowest BCUT2D eigenvalue weighted by Crippen LogP contribution is -2.42. The van der Waals surface area contributed by atoms with E-state index < -0.39 is 10.0 Å². The maximum absolute atomic E-state index is 12.9. The van der Waals surface area contributed by atoms with Crippen LogP contribution in [0.3, 0.4) is 0 Å². The minimum Gasteiger partial charge on any atom is -0.481 e. The molecule has 3 rings (SSSR count). The number of hydrogen-bond acceptors (Lipinski definition) is 5. The van der Waals surface area contributed by atoms with Gasteiger partial charge in [-0.1, -0.05) is 37.9 Å². The van der Waals surface area contributed by atoms with Crippen molar-refractivity contribution in [2.24, 2.45) is 5.92 Å². The Kier molecular flexibility index (Phi) is 7.31. The molecule has 2 aromatic rings. The van der Waals surface area contributed by atoms with Gasteiger partial charge in [0, 0.05) is 46.3 Å². The average Bonchev–Trinajstić information content (AvgIpc) is 2.71. The third kappa shape index (κ3) is 5.36. The average molecular weight is 547 g/mol. The van der Waals surface area contributed by atoms with Crippen LogP contribution in [0, 0.1) is 5.92 Å². The molecule has 1 aromatic carbocycles. The molecule has 1 aliphatic rings. The topological polar surface area (TPSA) is 88.6 Å².